The molecule has 0 heterocycles. The Hall–Kier alpha value is -0.570. The van der Waals surface area contributed by atoms with Crippen molar-refractivity contribution in [3.8, 4) is 12.3 Å². The Morgan fingerprint density at radius 1 is 1.42 bits per heavy atom. The van der Waals surface area contributed by atoms with Gasteiger partial charge in [0.2, 0.25) is 0 Å². The molecule has 0 aliphatic carbocycles. The van der Waals surface area contributed by atoms with E-state index < -0.39 is 15.7 Å². The number of terminal acetylenes is 1. The Kier molecular flexibility index (Phi) is 3.27. The zero-order valence-electron chi connectivity index (χ0n) is 7.75. The molecule has 12 heavy (non-hydrogen) atoms. The number of nitrogens with one attached hydrogen (secondary N) is 1. The lowest BCUT2D eigenvalue weighted by Crippen LogP contribution is -2.47. The Morgan fingerprint density at radius 3 is 2.08 bits per heavy atom. The van der Waals surface area contributed by atoms with Gasteiger partial charge in [0.1, 0.15) is 0 Å². The molecule has 0 aromatic heterocycles. The molecule has 0 saturated carbocycles. The third kappa shape index (κ3) is 3.22. The van der Waals surface area contributed by atoms with Crippen LogP contribution < -0.4 is 4.72 Å². The zero-order chi connectivity index (χ0) is 9.99. The maximum absolute atomic E-state index is 11.2. The number of rotatable bonds is 3. The fourth-order valence-electron chi connectivity index (χ4n) is 0.443. The fourth-order valence-corrected chi connectivity index (χ4v) is 1.33. The standard InChI is InChI=1S/C7H14N2O2S/c1-6-7(2,3)8-12(10,11)9(4)5/h1,8H,2-5H3. The molecular weight excluding hydrogens is 176 g/mol. The van der Waals surface area contributed by atoms with Gasteiger partial charge in [-0.2, -0.15) is 17.4 Å². The van der Waals surface area contributed by atoms with E-state index in [1.54, 1.807) is 13.8 Å². The largest absolute Gasteiger partial charge is 0.280 e. The predicted molar refractivity (Wildman–Crippen MR) is 48.7 cm³/mol. The van der Waals surface area contributed by atoms with Crippen LogP contribution in [-0.4, -0.2) is 32.4 Å². The molecule has 0 rings (SSSR count). The lowest BCUT2D eigenvalue weighted by atomic mass is 10.1. The number of nitrogens with zero attached hydrogens (tertiary/aromatic N) is 1. The first-order valence-corrected chi connectivity index (χ1v) is 4.84. The van der Waals surface area contributed by atoms with Crippen molar-refractivity contribution in [1.29, 1.82) is 0 Å². The van der Waals surface area contributed by atoms with E-state index in [-0.39, 0.29) is 0 Å². The lowest BCUT2D eigenvalue weighted by Gasteiger charge is -2.22. The summed E-state index contributed by atoms with van der Waals surface area (Å²) < 4.78 is 25.9. The minimum Gasteiger partial charge on any atom is -0.195 e. The van der Waals surface area contributed by atoms with E-state index in [9.17, 15) is 8.42 Å². The van der Waals surface area contributed by atoms with Gasteiger partial charge >= 0.3 is 0 Å². The SMILES string of the molecule is C#CC(C)(C)NS(=O)(=O)N(C)C. The third-order valence-corrected chi connectivity index (χ3v) is 2.96. The van der Waals surface area contributed by atoms with Crippen LogP contribution in [-0.2, 0) is 10.2 Å². The molecule has 0 aromatic rings. The van der Waals surface area contributed by atoms with Crippen LogP contribution in [0.2, 0.25) is 0 Å². The van der Waals surface area contributed by atoms with Crippen molar-refractivity contribution in [3.05, 3.63) is 0 Å². The smallest absolute Gasteiger partial charge is 0.195 e. The van der Waals surface area contributed by atoms with Crippen LogP contribution in [0.15, 0.2) is 0 Å². The highest BCUT2D eigenvalue weighted by Gasteiger charge is 2.23. The van der Waals surface area contributed by atoms with Gasteiger partial charge in [-0.25, -0.2) is 0 Å². The van der Waals surface area contributed by atoms with E-state index >= 15 is 0 Å². The van der Waals surface area contributed by atoms with Crippen LogP contribution >= 0.6 is 0 Å². The van der Waals surface area contributed by atoms with Gasteiger partial charge in [0.15, 0.2) is 0 Å². The monoisotopic (exact) mass is 190 g/mol. The van der Waals surface area contributed by atoms with Gasteiger partial charge in [-0.3, -0.25) is 0 Å². The summed E-state index contributed by atoms with van der Waals surface area (Å²) in [5.41, 5.74) is -0.844. The van der Waals surface area contributed by atoms with Crippen LogP contribution in [0.5, 0.6) is 0 Å². The van der Waals surface area contributed by atoms with E-state index in [1.807, 2.05) is 0 Å². The molecule has 70 valence electrons. The van der Waals surface area contributed by atoms with Crippen LogP contribution in [0.4, 0.5) is 0 Å². The summed E-state index contributed by atoms with van der Waals surface area (Å²) in [6, 6.07) is 0. The molecule has 4 nitrogen and oxygen atoms in total. The third-order valence-electron chi connectivity index (χ3n) is 1.23. The molecular formula is C7H14N2O2S. The predicted octanol–water partition coefficient (Wildman–Crippen LogP) is -0.206. The topological polar surface area (TPSA) is 49.4 Å². The summed E-state index contributed by atoms with van der Waals surface area (Å²) in [5.74, 6) is 2.34. The van der Waals surface area contributed by atoms with Crippen molar-refractivity contribution in [2.75, 3.05) is 14.1 Å². The second-order valence-electron chi connectivity index (χ2n) is 3.16. The highest BCUT2D eigenvalue weighted by molar-refractivity contribution is 7.87. The van der Waals surface area contributed by atoms with Crippen LogP contribution in [0, 0.1) is 12.3 Å². The van der Waals surface area contributed by atoms with Crippen LogP contribution in [0.3, 0.4) is 0 Å². The molecule has 0 spiro atoms. The molecule has 1 N–H and O–H groups in total. The number of hydrogen-bond acceptors (Lipinski definition) is 2. The lowest BCUT2D eigenvalue weighted by molar-refractivity contribution is 0.478. The molecule has 0 saturated heterocycles. The molecule has 5 heteroatoms. The van der Waals surface area contributed by atoms with Crippen molar-refractivity contribution in [2.45, 2.75) is 19.4 Å². The summed E-state index contributed by atoms with van der Waals surface area (Å²) in [6.07, 6.45) is 5.12. The summed E-state index contributed by atoms with van der Waals surface area (Å²) >= 11 is 0. The van der Waals surface area contributed by atoms with Gasteiger partial charge in [0.05, 0.1) is 5.54 Å². The Bertz CT molecular complexity index is 285. The molecule has 0 fully saturated rings. The summed E-state index contributed by atoms with van der Waals surface area (Å²) in [4.78, 5) is 0. The fraction of sp³-hybridized carbons (Fsp3) is 0.714. The molecule has 0 radical (unpaired) electrons. The molecule has 0 aliphatic rings. The van der Waals surface area contributed by atoms with E-state index in [1.165, 1.54) is 14.1 Å². The van der Waals surface area contributed by atoms with E-state index in [2.05, 4.69) is 10.6 Å². The molecule has 0 unspecified atom stereocenters. The molecule has 0 amide bonds. The van der Waals surface area contributed by atoms with E-state index in [4.69, 9.17) is 6.42 Å². The maximum atomic E-state index is 11.2. The normalized spacial score (nSPS) is 13.0. The second kappa shape index (κ2) is 3.44. The van der Waals surface area contributed by atoms with Crippen molar-refractivity contribution in [2.24, 2.45) is 0 Å². The minimum atomic E-state index is -3.43. The zero-order valence-corrected chi connectivity index (χ0v) is 8.57. The Balaban J connectivity index is 4.61. The van der Waals surface area contributed by atoms with Gasteiger partial charge in [-0.1, -0.05) is 5.92 Å². The summed E-state index contributed by atoms with van der Waals surface area (Å²) in [6.45, 7) is 3.24. The van der Waals surface area contributed by atoms with Crippen molar-refractivity contribution in [3.63, 3.8) is 0 Å². The molecule has 0 bridgehead atoms. The van der Waals surface area contributed by atoms with E-state index in [0.717, 1.165) is 4.31 Å². The summed E-state index contributed by atoms with van der Waals surface area (Å²) in [7, 11) is -0.548. The van der Waals surface area contributed by atoms with Crippen molar-refractivity contribution < 1.29 is 8.42 Å². The maximum Gasteiger partial charge on any atom is 0.280 e. The molecule has 0 atom stereocenters. The first kappa shape index (κ1) is 11.4. The highest BCUT2D eigenvalue weighted by Crippen LogP contribution is 2.03. The van der Waals surface area contributed by atoms with Gasteiger partial charge in [0, 0.05) is 14.1 Å². The average Bonchev–Trinajstić information content (AvgIpc) is 1.85. The van der Waals surface area contributed by atoms with Crippen LogP contribution in [0.1, 0.15) is 13.8 Å². The molecule has 0 aromatic carbocycles. The summed E-state index contributed by atoms with van der Waals surface area (Å²) in [5, 5.41) is 0. The number of hydrogen-bond donors (Lipinski definition) is 1. The highest BCUT2D eigenvalue weighted by atomic mass is 32.2. The Labute approximate surface area is 74.1 Å². The van der Waals surface area contributed by atoms with Crippen LogP contribution in [0.25, 0.3) is 0 Å². The first-order chi connectivity index (χ1) is 5.21. The quantitative estimate of drug-likeness (QED) is 0.626. The average molecular weight is 190 g/mol. The Morgan fingerprint density at radius 2 is 1.83 bits per heavy atom. The second-order valence-corrected chi connectivity index (χ2v) is 5.04. The van der Waals surface area contributed by atoms with Crippen molar-refractivity contribution >= 4 is 10.2 Å². The van der Waals surface area contributed by atoms with E-state index in [0.29, 0.717) is 0 Å². The molecule has 0 aliphatic heterocycles. The minimum absolute atomic E-state index is 0.844. The van der Waals surface area contributed by atoms with Crippen molar-refractivity contribution in [1.82, 2.24) is 9.03 Å². The van der Waals surface area contributed by atoms with Gasteiger partial charge in [0.25, 0.3) is 10.2 Å². The van der Waals surface area contributed by atoms with Gasteiger partial charge in [-0.05, 0) is 13.8 Å². The van der Waals surface area contributed by atoms with Gasteiger partial charge < -0.3 is 0 Å². The van der Waals surface area contributed by atoms with Gasteiger partial charge in [-0.15, -0.1) is 6.42 Å². The first-order valence-electron chi connectivity index (χ1n) is 3.40.